The highest BCUT2D eigenvalue weighted by Crippen LogP contribution is 2.48. The summed E-state index contributed by atoms with van der Waals surface area (Å²) in [6.07, 6.45) is 4.93. The van der Waals surface area contributed by atoms with Gasteiger partial charge in [-0.3, -0.25) is 4.79 Å². The van der Waals surface area contributed by atoms with Crippen LogP contribution in [0.3, 0.4) is 0 Å². The van der Waals surface area contributed by atoms with E-state index in [4.69, 9.17) is 4.74 Å². The van der Waals surface area contributed by atoms with Crippen LogP contribution < -0.4 is 4.74 Å². The van der Waals surface area contributed by atoms with Crippen molar-refractivity contribution in [2.24, 2.45) is 0 Å². The zero-order valence-electron chi connectivity index (χ0n) is 19.2. The van der Waals surface area contributed by atoms with E-state index in [2.05, 4.69) is 41.5 Å². The van der Waals surface area contributed by atoms with Gasteiger partial charge in [-0.1, -0.05) is 41.5 Å². The molecule has 0 saturated carbocycles. The first-order valence-electron chi connectivity index (χ1n) is 10.4. The number of ether oxygens (including phenoxy) is 1. The molecule has 0 aliphatic carbocycles. The fourth-order valence-electron chi connectivity index (χ4n) is 3.42. The summed E-state index contributed by atoms with van der Waals surface area (Å²) in [7, 11) is 1.59. The molecule has 4 nitrogen and oxygen atoms in total. The number of hydrogen-bond acceptors (Lipinski definition) is 4. The Kier molecular flexibility index (Phi) is 7.02. The average molecular weight is 411 g/mol. The Hall–Kier alpha value is -2.75. The van der Waals surface area contributed by atoms with Crippen LogP contribution in [0.1, 0.15) is 81.4 Å². The van der Waals surface area contributed by atoms with E-state index in [1.165, 1.54) is 18.2 Å². The Labute approximate surface area is 180 Å². The summed E-state index contributed by atoms with van der Waals surface area (Å²) in [5.74, 6) is 0.809. The van der Waals surface area contributed by atoms with Crippen molar-refractivity contribution >= 4 is 11.9 Å². The highest BCUT2D eigenvalue weighted by Gasteiger charge is 2.33. The molecule has 162 valence electrons. The summed E-state index contributed by atoms with van der Waals surface area (Å²) in [4.78, 5) is 12.6. The molecule has 0 heterocycles. The van der Waals surface area contributed by atoms with E-state index in [1.807, 2.05) is 6.07 Å². The summed E-state index contributed by atoms with van der Waals surface area (Å²) in [5, 5.41) is 20.7. The number of aromatic hydroxyl groups is 2. The number of allylic oxidation sites excluding steroid dienone is 1. The average Bonchev–Trinajstić information content (AvgIpc) is 2.72. The van der Waals surface area contributed by atoms with Gasteiger partial charge in [0.25, 0.3) is 0 Å². The Morgan fingerprint density at radius 1 is 1.00 bits per heavy atom. The van der Waals surface area contributed by atoms with Gasteiger partial charge in [0.15, 0.2) is 5.78 Å². The van der Waals surface area contributed by atoms with Crippen molar-refractivity contribution < 1.29 is 19.7 Å². The first-order chi connectivity index (χ1) is 14.0. The van der Waals surface area contributed by atoms with Gasteiger partial charge in [-0.25, -0.2) is 0 Å². The Morgan fingerprint density at radius 3 is 2.07 bits per heavy atom. The van der Waals surface area contributed by atoms with Gasteiger partial charge in [-0.2, -0.15) is 0 Å². The smallest absolute Gasteiger partial charge is 0.185 e. The van der Waals surface area contributed by atoms with Gasteiger partial charge in [0, 0.05) is 22.3 Å². The van der Waals surface area contributed by atoms with Crippen LogP contribution in [0, 0.1) is 0 Å². The van der Waals surface area contributed by atoms with Crippen LogP contribution in [0.2, 0.25) is 0 Å². The molecule has 0 saturated heterocycles. The molecule has 0 fully saturated rings. The fourth-order valence-corrected chi connectivity index (χ4v) is 3.42. The summed E-state index contributed by atoms with van der Waals surface area (Å²) in [5.41, 5.74) is 2.32. The summed E-state index contributed by atoms with van der Waals surface area (Å²) in [6.45, 7) is 12.6. The van der Waals surface area contributed by atoms with Gasteiger partial charge < -0.3 is 14.9 Å². The minimum atomic E-state index is -0.307. The molecule has 2 N–H and O–H groups in total. The molecular weight excluding hydrogens is 376 g/mol. The van der Waals surface area contributed by atoms with Crippen LogP contribution >= 0.6 is 0 Å². The van der Waals surface area contributed by atoms with Crippen molar-refractivity contribution in [2.75, 3.05) is 7.11 Å². The molecule has 0 unspecified atom stereocenters. The largest absolute Gasteiger partial charge is 0.508 e. The van der Waals surface area contributed by atoms with Crippen LogP contribution in [-0.4, -0.2) is 23.1 Å². The van der Waals surface area contributed by atoms with E-state index in [0.717, 1.165) is 29.5 Å². The van der Waals surface area contributed by atoms with Crippen LogP contribution in [0.15, 0.2) is 36.4 Å². The number of benzene rings is 2. The van der Waals surface area contributed by atoms with Gasteiger partial charge >= 0.3 is 0 Å². The SMILES string of the molecule is CCC(C)(C)c1cc(/C=C/C(=O)c2ccc(O)cc2)c(OC)c(C(C)(C)CC)c1O. The number of carbonyl (C=O) groups is 1. The highest BCUT2D eigenvalue weighted by atomic mass is 16.5. The number of ketones is 1. The van der Waals surface area contributed by atoms with Crippen molar-refractivity contribution in [1.82, 2.24) is 0 Å². The van der Waals surface area contributed by atoms with Crippen LogP contribution in [0.25, 0.3) is 6.08 Å². The van der Waals surface area contributed by atoms with Gasteiger partial charge in [0.2, 0.25) is 0 Å². The summed E-state index contributed by atoms with van der Waals surface area (Å²) >= 11 is 0. The van der Waals surface area contributed by atoms with Crippen molar-refractivity contribution in [3.05, 3.63) is 58.7 Å². The molecule has 0 aromatic heterocycles. The molecule has 2 aromatic carbocycles. The van der Waals surface area contributed by atoms with E-state index < -0.39 is 0 Å². The van der Waals surface area contributed by atoms with Gasteiger partial charge in [0.1, 0.15) is 17.2 Å². The molecule has 0 amide bonds. The third-order valence-electron chi connectivity index (χ3n) is 6.22. The number of hydrogen-bond donors (Lipinski definition) is 2. The molecule has 2 aromatic rings. The van der Waals surface area contributed by atoms with E-state index in [0.29, 0.717) is 11.3 Å². The molecule has 0 bridgehead atoms. The lowest BCUT2D eigenvalue weighted by atomic mass is 9.74. The van der Waals surface area contributed by atoms with E-state index >= 15 is 0 Å². The predicted molar refractivity (Wildman–Crippen MR) is 123 cm³/mol. The van der Waals surface area contributed by atoms with Crippen LogP contribution in [0.4, 0.5) is 0 Å². The topological polar surface area (TPSA) is 66.8 Å². The van der Waals surface area contributed by atoms with Crippen LogP contribution in [-0.2, 0) is 10.8 Å². The molecule has 0 atom stereocenters. The lowest BCUT2D eigenvalue weighted by molar-refractivity contribution is 0.104. The van der Waals surface area contributed by atoms with Crippen molar-refractivity contribution in [3.8, 4) is 17.2 Å². The second kappa shape index (κ2) is 8.95. The lowest BCUT2D eigenvalue weighted by Crippen LogP contribution is -2.22. The molecule has 4 heteroatoms. The second-order valence-corrected chi connectivity index (χ2v) is 8.99. The predicted octanol–water partition coefficient (Wildman–Crippen LogP) is 6.38. The Bertz CT molecular complexity index is 934. The zero-order chi connectivity index (χ0) is 22.7. The van der Waals surface area contributed by atoms with Gasteiger partial charge in [-0.15, -0.1) is 0 Å². The normalized spacial score (nSPS) is 12.4. The quantitative estimate of drug-likeness (QED) is 0.391. The van der Waals surface area contributed by atoms with E-state index in [1.54, 1.807) is 25.3 Å². The summed E-state index contributed by atoms with van der Waals surface area (Å²) < 4.78 is 5.74. The molecule has 0 spiro atoms. The Balaban J connectivity index is 2.68. The first-order valence-corrected chi connectivity index (χ1v) is 10.4. The second-order valence-electron chi connectivity index (χ2n) is 8.99. The van der Waals surface area contributed by atoms with Crippen molar-refractivity contribution in [2.45, 2.75) is 65.2 Å². The number of rotatable bonds is 8. The van der Waals surface area contributed by atoms with Gasteiger partial charge in [0.05, 0.1) is 7.11 Å². The molecule has 0 aliphatic rings. The first kappa shape index (κ1) is 23.5. The minimum Gasteiger partial charge on any atom is -0.508 e. The maximum absolute atomic E-state index is 12.6. The lowest BCUT2D eigenvalue weighted by Gasteiger charge is -2.32. The molecule has 0 aliphatic heterocycles. The number of phenolic OH excluding ortho intramolecular Hbond substituents is 2. The minimum absolute atomic E-state index is 0.119. The zero-order valence-corrected chi connectivity index (χ0v) is 19.2. The van der Waals surface area contributed by atoms with Crippen molar-refractivity contribution in [3.63, 3.8) is 0 Å². The highest BCUT2D eigenvalue weighted by molar-refractivity contribution is 6.07. The standard InChI is InChI=1S/C26H34O4/c1-8-25(3,4)20-16-18(12-15-21(28)17-10-13-19(27)14-11-17)24(30-7)22(23(20)29)26(5,6)9-2/h10-16,27,29H,8-9H2,1-7H3/b15-12+. The number of carbonyl (C=O) groups excluding carboxylic acids is 1. The van der Waals surface area contributed by atoms with Crippen molar-refractivity contribution in [1.29, 1.82) is 0 Å². The molecular formula is C26H34O4. The van der Waals surface area contributed by atoms with E-state index in [-0.39, 0.29) is 28.1 Å². The number of phenols is 2. The molecule has 0 radical (unpaired) electrons. The van der Waals surface area contributed by atoms with Crippen LogP contribution in [0.5, 0.6) is 17.2 Å². The molecule has 30 heavy (non-hydrogen) atoms. The van der Waals surface area contributed by atoms with Gasteiger partial charge in [-0.05, 0) is 66.2 Å². The third kappa shape index (κ3) is 4.69. The number of methoxy groups -OCH3 is 1. The molecule has 2 rings (SSSR count). The maximum atomic E-state index is 12.6. The maximum Gasteiger partial charge on any atom is 0.185 e. The monoisotopic (exact) mass is 410 g/mol. The summed E-state index contributed by atoms with van der Waals surface area (Å²) in [6, 6.07) is 8.09. The van der Waals surface area contributed by atoms with E-state index in [9.17, 15) is 15.0 Å². The third-order valence-corrected chi connectivity index (χ3v) is 6.22. The Morgan fingerprint density at radius 2 is 1.57 bits per heavy atom. The fraction of sp³-hybridized carbons (Fsp3) is 0.423.